The predicted octanol–water partition coefficient (Wildman–Crippen LogP) is 3.25. The van der Waals surface area contributed by atoms with Gasteiger partial charge >= 0.3 is 0 Å². The van der Waals surface area contributed by atoms with E-state index in [0.29, 0.717) is 0 Å². The van der Waals surface area contributed by atoms with Crippen LogP contribution in [-0.4, -0.2) is 25.5 Å². The Morgan fingerprint density at radius 1 is 1.27 bits per heavy atom. The Kier molecular flexibility index (Phi) is 4.37. The molecule has 0 bridgehead atoms. The lowest BCUT2D eigenvalue weighted by molar-refractivity contribution is -0.122. The molecule has 3 aliphatic rings. The highest BCUT2D eigenvalue weighted by Crippen LogP contribution is 2.46. The number of amides is 1. The number of halogens is 1. The zero-order valence-corrected chi connectivity index (χ0v) is 19.3. The van der Waals surface area contributed by atoms with E-state index < -0.39 is 21.6 Å². The second kappa shape index (κ2) is 6.54. The zero-order valence-electron chi connectivity index (χ0n) is 16.9. The number of carbonyl (C=O) groups is 1. The summed E-state index contributed by atoms with van der Waals surface area (Å²) in [7, 11) is -3.51. The molecular formula is C20H24BrN5O3S. The SMILES string of the molecule is CC1(C)Oc2c(S(=N)(N)=O)cnn2C1C(=O)Nc1c2c(c(Br)c3c1CCC3)CCC2. The highest BCUT2D eigenvalue weighted by molar-refractivity contribution is 9.10. The minimum absolute atomic E-state index is 0.0105. The number of fused-ring (bicyclic) bond motifs is 3. The van der Waals surface area contributed by atoms with E-state index >= 15 is 0 Å². The number of nitrogens with two attached hydrogens (primary N) is 1. The molecule has 2 unspecified atom stereocenters. The zero-order chi connectivity index (χ0) is 21.4. The van der Waals surface area contributed by atoms with Crippen LogP contribution in [-0.2, 0) is 40.4 Å². The summed E-state index contributed by atoms with van der Waals surface area (Å²) in [5, 5.41) is 12.9. The van der Waals surface area contributed by atoms with Crippen LogP contribution in [0.15, 0.2) is 15.6 Å². The van der Waals surface area contributed by atoms with Gasteiger partial charge in [0.05, 0.1) is 6.20 Å². The number of anilines is 1. The summed E-state index contributed by atoms with van der Waals surface area (Å²) in [4.78, 5) is 13.5. The third-order valence-corrected chi connectivity index (χ3v) is 8.26. The molecular weight excluding hydrogens is 470 g/mol. The molecule has 10 heteroatoms. The first-order chi connectivity index (χ1) is 14.1. The Balaban J connectivity index is 1.56. The van der Waals surface area contributed by atoms with Crippen LogP contribution < -0.4 is 15.2 Å². The van der Waals surface area contributed by atoms with E-state index in [0.717, 1.165) is 44.2 Å². The molecule has 4 N–H and O–H groups in total. The molecule has 160 valence electrons. The van der Waals surface area contributed by atoms with Gasteiger partial charge < -0.3 is 10.1 Å². The maximum absolute atomic E-state index is 13.5. The number of nitrogens with one attached hydrogen (secondary N) is 2. The van der Waals surface area contributed by atoms with Gasteiger partial charge in [0.1, 0.15) is 20.4 Å². The van der Waals surface area contributed by atoms with E-state index in [1.807, 2.05) is 0 Å². The van der Waals surface area contributed by atoms with Crippen molar-refractivity contribution in [3.8, 4) is 5.88 Å². The summed E-state index contributed by atoms with van der Waals surface area (Å²) in [5.74, 6) is -0.0960. The first-order valence-electron chi connectivity index (χ1n) is 10.1. The van der Waals surface area contributed by atoms with Crippen LogP contribution in [0.4, 0.5) is 5.69 Å². The Hall–Kier alpha value is -1.91. The van der Waals surface area contributed by atoms with Crippen LogP contribution in [0.25, 0.3) is 0 Å². The van der Waals surface area contributed by atoms with Crippen LogP contribution in [0.3, 0.4) is 0 Å². The van der Waals surface area contributed by atoms with E-state index in [9.17, 15) is 9.00 Å². The smallest absolute Gasteiger partial charge is 0.253 e. The Bertz CT molecular complexity index is 1170. The summed E-state index contributed by atoms with van der Waals surface area (Å²) in [6.45, 7) is 3.57. The van der Waals surface area contributed by atoms with Gasteiger partial charge in [0.15, 0.2) is 6.04 Å². The Morgan fingerprint density at radius 3 is 2.40 bits per heavy atom. The van der Waals surface area contributed by atoms with E-state index in [1.54, 1.807) is 13.8 Å². The lowest BCUT2D eigenvalue weighted by atomic mass is 9.96. The summed E-state index contributed by atoms with van der Waals surface area (Å²) in [6.07, 6.45) is 7.36. The Morgan fingerprint density at radius 2 is 1.83 bits per heavy atom. The van der Waals surface area contributed by atoms with Crippen LogP contribution in [0.2, 0.25) is 0 Å². The van der Waals surface area contributed by atoms with Crippen molar-refractivity contribution >= 4 is 37.4 Å². The number of hydrogen-bond acceptors (Lipinski definition) is 5. The number of benzene rings is 1. The summed E-state index contributed by atoms with van der Waals surface area (Å²) in [5.41, 5.74) is 5.10. The lowest BCUT2D eigenvalue weighted by Gasteiger charge is -2.26. The van der Waals surface area contributed by atoms with Gasteiger partial charge in [-0.25, -0.2) is 18.8 Å². The first-order valence-corrected chi connectivity index (χ1v) is 12.5. The second-order valence-electron chi connectivity index (χ2n) is 8.77. The molecule has 1 aromatic carbocycles. The van der Waals surface area contributed by atoms with Crippen molar-refractivity contribution in [1.29, 1.82) is 4.78 Å². The number of ether oxygens (including phenoxy) is 1. The van der Waals surface area contributed by atoms with E-state index in [1.165, 1.54) is 37.6 Å². The van der Waals surface area contributed by atoms with Gasteiger partial charge in [-0.2, -0.15) is 5.10 Å². The molecule has 0 spiro atoms. The lowest BCUT2D eigenvalue weighted by Crippen LogP contribution is -2.41. The van der Waals surface area contributed by atoms with Crippen LogP contribution in [0, 0.1) is 4.78 Å². The minimum atomic E-state index is -3.51. The quantitative estimate of drug-likeness (QED) is 0.606. The van der Waals surface area contributed by atoms with E-state index in [4.69, 9.17) is 14.7 Å². The van der Waals surface area contributed by atoms with E-state index in [2.05, 4.69) is 26.3 Å². The highest BCUT2D eigenvalue weighted by Gasteiger charge is 2.49. The average Bonchev–Trinajstić information content (AvgIpc) is 3.39. The number of aromatic nitrogens is 2. The number of rotatable bonds is 3. The van der Waals surface area contributed by atoms with Gasteiger partial charge in [-0.3, -0.25) is 4.79 Å². The molecule has 5 rings (SSSR count). The molecule has 2 aliphatic carbocycles. The van der Waals surface area contributed by atoms with Gasteiger partial charge in [-0.1, -0.05) is 15.9 Å². The van der Waals surface area contributed by atoms with Crippen molar-refractivity contribution in [3.63, 3.8) is 0 Å². The highest BCUT2D eigenvalue weighted by atomic mass is 79.9. The molecule has 1 aromatic heterocycles. The van der Waals surface area contributed by atoms with Gasteiger partial charge in [-0.15, -0.1) is 0 Å². The number of nitrogens with zero attached hydrogens (tertiary/aromatic N) is 2. The molecule has 0 saturated carbocycles. The van der Waals surface area contributed by atoms with Crippen molar-refractivity contribution in [1.82, 2.24) is 9.78 Å². The molecule has 0 radical (unpaired) electrons. The van der Waals surface area contributed by atoms with Crippen LogP contribution in [0.5, 0.6) is 5.88 Å². The normalized spacial score (nSPS) is 22.7. The third-order valence-electron chi connectivity index (χ3n) is 6.37. The molecule has 2 heterocycles. The molecule has 0 fully saturated rings. The fraction of sp³-hybridized carbons (Fsp3) is 0.500. The van der Waals surface area contributed by atoms with Gasteiger partial charge in [-0.05, 0) is 74.6 Å². The van der Waals surface area contributed by atoms with Gasteiger partial charge in [0, 0.05) is 10.2 Å². The Labute approximate surface area is 183 Å². The minimum Gasteiger partial charge on any atom is -0.468 e. The molecule has 1 amide bonds. The summed E-state index contributed by atoms with van der Waals surface area (Å²) in [6, 6.07) is -0.763. The number of hydrogen-bond donors (Lipinski definition) is 3. The van der Waals surface area contributed by atoms with Crippen molar-refractivity contribution in [2.75, 3.05) is 5.32 Å². The maximum Gasteiger partial charge on any atom is 0.253 e. The molecule has 2 atom stereocenters. The van der Waals surface area contributed by atoms with Crippen LogP contribution >= 0.6 is 15.9 Å². The summed E-state index contributed by atoms with van der Waals surface area (Å²) < 4.78 is 28.3. The predicted molar refractivity (Wildman–Crippen MR) is 116 cm³/mol. The molecule has 8 nitrogen and oxygen atoms in total. The monoisotopic (exact) mass is 493 g/mol. The third kappa shape index (κ3) is 2.84. The number of carbonyl (C=O) groups excluding carboxylic acids is 1. The van der Waals surface area contributed by atoms with Crippen LogP contribution in [0.1, 0.15) is 55.0 Å². The van der Waals surface area contributed by atoms with Crippen molar-refractivity contribution in [2.45, 2.75) is 68.9 Å². The fourth-order valence-corrected chi connectivity index (χ4v) is 6.55. The van der Waals surface area contributed by atoms with Crippen molar-refractivity contribution < 1.29 is 13.7 Å². The fourth-order valence-electron chi connectivity index (χ4n) is 5.08. The van der Waals surface area contributed by atoms with Gasteiger partial charge in [0.25, 0.3) is 5.91 Å². The van der Waals surface area contributed by atoms with E-state index in [-0.39, 0.29) is 16.7 Å². The molecule has 30 heavy (non-hydrogen) atoms. The summed E-state index contributed by atoms with van der Waals surface area (Å²) >= 11 is 3.81. The van der Waals surface area contributed by atoms with Gasteiger partial charge in [0.2, 0.25) is 5.88 Å². The van der Waals surface area contributed by atoms with Crippen molar-refractivity contribution in [2.24, 2.45) is 5.14 Å². The van der Waals surface area contributed by atoms with Crippen molar-refractivity contribution in [3.05, 3.63) is 32.9 Å². The maximum atomic E-state index is 13.5. The average molecular weight is 494 g/mol. The largest absolute Gasteiger partial charge is 0.468 e. The second-order valence-corrected chi connectivity index (χ2v) is 11.2. The molecule has 2 aromatic rings. The molecule has 1 aliphatic heterocycles. The first kappa shape index (κ1) is 20.0. The molecule has 0 saturated heterocycles. The standard InChI is InChI=1S/C20H24BrN5O3S/c1-20(2)17(26-19(29-20)14(9-24-26)30(22,23)28)18(27)25-16-12-7-3-5-10(12)15(21)11-6-4-8-13(11)16/h9,17H,3-8H2,1-2H3,(H,25,27)(H3,22,23,28). The topological polar surface area (TPSA) is 123 Å².